The molecule has 2 N–H and O–H groups in total. The Kier molecular flexibility index (Phi) is 7.49. The summed E-state index contributed by atoms with van der Waals surface area (Å²) in [6.07, 6.45) is 5.93. The van der Waals surface area contributed by atoms with E-state index in [0.29, 0.717) is 0 Å². The highest BCUT2D eigenvalue weighted by atomic mass is 16.2. The quantitative estimate of drug-likeness (QED) is 0.631. The van der Waals surface area contributed by atoms with Gasteiger partial charge in [0.05, 0.1) is 0 Å². The van der Waals surface area contributed by atoms with E-state index in [2.05, 4.69) is 41.5 Å². The van der Waals surface area contributed by atoms with E-state index in [1.54, 1.807) is 0 Å². The van der Waals surface area contributed by atoms with Crippen LogP contribution in [0, 0.1) is 5.92 Å². The average Bonchev–Trinajstić information content (AvgIpc) is 2.69. The number of hydrogen-bond acceptors (Lipinski definition) is 2. The zero-order chi connectivity index (χ0) is 19.8. The third kappa shape index (κ3) is 5.83. The van der Waals surface area contributed by atoms with Gasteiger partial charge in [0.15, 0.2) is 0 Å². The van der Waals surface area contributed by atoms with Crippen LogP contribution < -0.4 is 10.6 Å². The molecule has 0 saturated heterocycles. The van der Waals surface area contributed by atoms with Crippen LogP contribution in [-0.4, -0.2) is 30.6 Å². The standard InChI is InChI=1S/C24H33N3O/c1-3-14-27(15-4-2)18-19-10-11-21-17-23(13-12-20(21)16-19)26-24(28)25-22-8-6-5-7-9-22/h5-9,12-13,17,19H,3-4,10-11,14-16,18H2,1-2H3,(H2,25,26,28). The smallest absolute Gasteiger partial charge is 0.308 e. The molecule has 28 heavy (non-hydrogen) atoms. The van der Waals surface area contributed by atoms with Crippen LogP contribution in [0.5, 0.6) is 0 Å². The second kappa shape index (κ2) is 10.3. The van der Waals surface area contributed by atoms with Crippen LogP contribution in [0.3, 0.4) is 0 Å². The minimum absolute atomic E-state index is 0.199. The maximum atomic E-state index is 12.2. The van der Waals surface area contributed by atoms with Gasteiger partial charge in [-0.1, -0.05) is 38.1 Å². The van der Waals surface area contributed by atoms with E-state index in [9.17, 15) is 4.79 Å². The molecule has 0 aliphatic heterocycles. The van der Waals surface area contributed by atoms with Crippen molar-refractivity contribution in [1.82, 2.24) is 4.90 Å². The first kappa shape index (κ1) is 20.4. The van der Waals surface area contributed by atoms with E-state index < -0.39 is 0 Å². The van der Waals surface area contributed by atoms with Crippen molar-refractivity contribution in [2.75, 3.05) is 30.3 Å². The summed E-state index contributed by atoms with van der Waals surface area (Å²) in [5.74, 6) is 0.741. The van der Waals surface area contributed by atoms with Gasteiger partial charge < -0.3 is 15.5 Å². The number of amides is 2. The van der Waals surface area contributed by atoms with E-state index >= 15 is 0 Å². The number of nitrogens with one attached hydrogen (secondary N) is 2. The number of fused-ring (bicyclic) bond motifs is 1. The van der Waals surface area contributed by atoms with Crippen LogP contribution in [0.1, 0.15) is 44.2 Å². The third-order valence-electron chi connectivity index (χ3n) is 5.42. The first-order valence-corrected chi connectivity index (χ1v) is 10.6. The van der Waals surface area contributed by atoms with Gasteiger partial charge >= 0.3 is 6.03 Å². The molecule has 0 spiro atoms. The second-order valence-corrected chi connectivity index (χ2v) is 7.84. The molecule has 1 unspecified atom stereocenters. The molecule has 4 nitrogen and oxygen atoms in total. The Hall–Kier alpha value is -2.33. The van der Waals surface area contributed by atoms with E-state index in [4.69, 9.17) is 0 Å². The molecule has 0 bridgehead atoms. The summed E-state index contributed by atoms with van der Waals surface area (Å²) in [5, 5.41) is 5.83. The molecular formula is C24H33N3O. The van der Waals surface area contributed by atoms with Gasteiger partial charge in [0.2, 0.25) is 0 Å². The van der Waals surface area contributed by atoms with Crippen molar-refractivity contribution in [1.29, 1.82) is 0 Å². The zero-order valence-electron chi connectivity index (χ0n) is 17.2. The fraction of sp³-hybridized carbons (Fsp3) is 0.458. The van der Waals surface area contributed by atoms with Gasteiger partial charge in [-0.05, 0) is 86.5 Å². The Morgan fingerprint density at radius 3 is 2.39 bits per heavy atom. The second-order valence-electron chi connectivity index (χ2n) is 7.84. The summed E-state index contributed by atoms with van der Waals surface area (Å²) in [6.45, 7) is 8.15. The summed E-state index contributed by atoms with van der Waals surface area (Å²) in [7, 11) is 0. The first-order valence-electron chi connectivity index (χ1n) is 10.6. The lowest BCUT2D eigenvalue weighted by molar-refractivity contribution is 0.220. The molecule has 1 aliphatic rings. The number of benzene rings is 2. The summed E-state index contributed by atoms with van der Waals surface area (Å²) >= 11 is 0. The lowest BCUT2D eigenvalue weighted by Gasteiger charge is -2.30. The molecule has 0 heterocycles. The van der Waals surface area contributed by atoms with Crippen molar-refractivity contribution in [3.8, 4) is 0 Å². The highest BCUT2D eigenvalue weighted by Gasteiger charge is 2.21. The van der Waals surface area contributed by atoms with Crippen molar-refractivity contribution in [2.45, 2.75) is 46.0 Å². The molecule has 2 aromatic carbocycles. The van der Waals surface area contributed by atoms with Gasteiger partial charge in [-0.2, -0.15) is 0 Å². The molecule has 2 aromatic rings. The zero-order valence-corrected chi connectivity index (χ0v) is 17.2. The summed E-state index contributed by atoms with van der Waals surface area (Å²) in [4.78, 5) is 14.8. The van der Waals surface area contributed by atoms with Crippen LogP contribution >= 0.6 is 0 Å². The number of urea groups is 1. The summed E-state index contributed by atoms with van der Waals surface area (Å²) < 4.78 is 0. The topological polar surface area (TPSA) is 44.4 Å². The number of aryl methyl sites for hydroxylation is 1. The minimum Gasteiger partial charge on any atom is -0.308 e. The molecule has 0 fully saturated rings. The van der Waals surface area contributed by atoms with Gasteiger partial charge in [0.25, 0.3) is 0 Å². The number of nitrogens with zero attached hydrogens (tertiary/aromatic N) is 1. The SMILES string of the molecule is CCCN(CCC)CC1CCc2cc(NC(=O)Nc3ccccc3)ccc2C1. The number of para-hydroxylation sites is 1. The van der Waals surface area contributed by atoms with Crippen LogP contribution in [-0.2, 0) is 12.8 Å². The molecule has 0 aromatic heterocycles. The van der Waals surface area contributed by atoms with E-state index in [-0.39, 0.29) is 6.03 Å². The van der Waals surface area contributed by atoms with Crippen LogP contribution in [0.4, 0.5) is 16.2 Å². The number of anilines is 2. The van der Waals surface area contributed by atoms with E-state index in [0.717, 1.165) is 30.1 Å². The fourth-order valence-corrected chi connectivity index (χ4v) is 4.17. The predicted octanol–water partition coefficient (Wildman–Crippen LogP) is 5.56. The fourth-order valence-electron chi connectivity index (χ4n) is 4.17. The van der Waals surface area contributed by atoms with Crippen molar-refractivity contribution in [3.63, 3.8) is 0 Å². The van der Waals surface area contributed by atoms with Gasteiger partial charge in [-0.3, -0.25) is 0 Å². The molecule has 1 atom stereocenters. The van der Waals surface area contributed by atoms with Gasteiger partial charge in [-0.25, -0.2) is 4.79 Å². The lowest BCUT2D eigenvalue weighted by Crippen LogP contribution is -2.33. The summed E-state index contributed by atoms with van der Waals surface area (Å²) in [5.41, 5.74) is 4.48. The lowest BCUT2D eigenvalue weighted by atomic mass is 9.83. The van der Waals surface area contributed by atoms with Crippen molar-refractivity contribution in [3.05, 3.63) is 59.7 Å². The Morgan fingerprint density at radius 1 is 0.964 bits per heavy atom. The normalized spacial score (nSPS) is 15.9. The molecule has 2 amide bonds. The molecule has 0 radical (unpaired) electrons. The molecule has 4 heteroatoms. The van der Waals surface area contributed by atoms with E-state index in [1.165, 1.54) is 50.0 Å². The average molecular weight is 380 g/mol. The molecule has 150 valence electrons. The molecule has 3 rings (SSSR count). The minimum atomic E-state index is -0.199. The molecule has 1 aliphatic carbocycles. The van der Waals surface area contributed by atoms with Crippen LogP contribution in [0.25, 0.3) is 0 Å². The number of carbonyl (C=O) groups excluding carboxylic acids is 1. The van der Waals surface area contributed by atoms with Gasteiger partial charge in [-0.15, -0.1) is 0 Å². The largest absolute Gasteiger partial charge is 0.323 e. The maximum absolute atomic E-state index is 12.2. The first-order chi connectivity index (χ1) is 13.7. The highest BCUT2D eigenvalue weighted by molar-refractivity contribution is 5.99. The number of carbonyl (C=O) groups is 1. The number of hydrogen-bond donors (Lipinski definition) is 2. The van der Waals surface area contributed by atoms with Crippen molar-refractivity contribution < 1.29 is 4.79 Å². The van der Waals surface area contributed by atoms with Crippen molar-refractivity contribution in [2.24, 2.45) is 5.92 Å². The molecular weight excluding hydrogens is 346 g/mol. The molecule has 0 saturated carbocycles. The summed E-state index contributed by atoms with van der Waals surface area (Å²) in [6, 6.07) is 15.7. The Bertz CT molecular complexity index is 754. The Balaban J connectivity index is 1.56. The number of rotatable bonds is 8. The third-order valence-corrected chi connectivity index (χ3v) is 5.42. The highest BCUT2D eigenvalue weighted by Crippen LogP contribution is 2.28. The maximum Gasteiger partial charge on any atom is 0.323 e. The van der Waals surface area contributed by atoms with Crippen LogP contribution in [0.15, 0.2) is 48.5 Å². The predicted molar refractivity (Wildman–Crippen MR) is 118 cm³/mol. The Labute approximate surface area is 169 Å². The van der Waals surface area contributed by atoms with Crippen molar-refractivity contribution >= 4 is 17.4 Å². The Morgan fingerprint density at radius 2 is 1.68 bits per heavy atom. The van der Waals surface area contributed by atoms with Crippen LogP contribution in [0.2, 0.25) is 0 Å². The van der Waals surface area contributed by atoms with Gasteiger partial charge in [0.1, 0.15) is 0 Å². The van der Waals surface area contributed by atoms with E-state index in [1.807, 2.05) is 36.4 Å². The van der Waals surface area contributed by atoms with Gasteiger partial charge in [0, 0.05) is 17.9 Å². The monoisotopic (exact) mass is 379 g/mol.